The van der Waals surface area contributed by atoms with Crippen molar-refractivity contribution in [3.63, 3.8) is 0 Å². The molecule has 2 amide bonds. The summed E-state index contributed by atoms with van der Waals surface area (Å²) in [6.07, 6.45) is -4.29. The number of carbonyl (C=O) groups excluding carboxylic acids is 1. The van der Waals surface area contributed by atoms with E-state index in [0.29, 0.717) is 0 Å². The van der Waals surface area contributed by atoms with E-state index in [-0.39, 0.29) is 0 Å². The standard InChI is InChI=1S/C7H14N2O5/c1-8-7(13)9-6-5(12)4(11)3(2-10)14-6/h3-6,10-12H,2H2,1H3,(H2,8,9,13)/t3-,4-,5+,6-/m1/s1. The van der Waals surface area contributed by atoms with E-state index in [9.17, 15) is 15.0 Å². The number of urea groups is 1. The van der Waals surface area contributed by atoms with Crippen molar-refractivity contribution in [2.75, 3.05) is 13.7 Å². The third kappa shape index (κ3) is 2.13. The Morgan fingerprint density at radius 2 is 2.07 bits per heavy atom. The molecular weight excluding hydrogens is 192 g/mol. The number of carbonyl (C=O) groups is 1. The minimum Gasteiger partial charge on any atom is -0.394 e. The summed E-state index contributed by atoms with van der Waals surface area (Å²) < 4.78 is 4.99. The predicted octanol–water partition coefficient (Wildman–Crippen LogP) is -2.65. The van der Waals surface area contributed by atoms with Crippen molar-refractivity contribution in [1.29, 1.82) is 0 Å². The van der Waals surface area contributed by atoms with Crippen LogP contribution in [0.3, 0.4) is 0 Å². The van der Waals surface area contributed by atoms with Gasteiger partial charge in [-0.1, -0.05) is 0 Å². The summed E-state index contributed by atoms with van der Waals surface area (Å²) in [6, 6.07) is -0.528. The number of hydrogen-bond donors (Lipinski definition) is 5. The SMILES string of the molecule is CNC(=O)N[C@@H]1O[C@H](CO)[C@@H](O)[C@@H]1O. The van der Waals surface area contributed by atoms with Crippen molar-refractivity contribution in [3.8, 4) is 0 Å². The van der Waals surface area contributed by atoms with Crippen molar-refractivity contribution < 1.29 is 24.9 Å². The van der Waals surface area contributed by atoms with Crippen LogP contribution in [0.1, 0.15) is 0 Å². The lowest BCUT2D eigenvalue weighted by molar-refractivity contribution is -0.0284. The van der Waals surface area contributed by atoms with Gasteiger partial charge in [-0.15, -0.1) is 0 Å². The van der Waals surface area contributed by atoms with Crippen molar-refractivity contribution in [3.05, 3.63) is 0 Å². The summed E-state index contributed by atoms with van der Waals surface area (Å²) in [5.74, 6) is 0. The summed E-state index contributed by atoms with van der Waals surface area (Å²) >= 11 is 0. The first kappa shape index (κ1) is 11.2. The molecule has 7 heteroatoms. The van der Waals surface area contributed by atoms with E-state index in [1.165, 1.54) is 7.05 Å². The molecule has 0 aliphatic carbocycles. The highest BCUT2D eigenvalue weighted by atomic mass is 16.6. The average Bonchev–Trinajstić information content (AvgIpc) is 2.45. The number of aliphatic hydroxyl groups is 3. The first-order valence-electron chi connectivity index (χ1n) is 4.21. The quantitative estimate of drug-likeness (QED) is 0.339. The molecule has 0 unspecified atom stereocenters. The van der Waals surface area contributed by atoms with Crippen LogP contribution in [0, 0.1) is 0 Å². The number of hydrogen-bond acceptors (Lipinski definition) is 5. The monoisotopic (exact) mass is 206 g/mol. The maximum Gasteiger partial charge on any atom is 0.316 e. The van der Waals surface area contributed by atoms with Crippen LogP contribution in [-0.4, -0.2) is 59.5 Å². The lowest BCUT2D eigenvalue weighted by Crippen LogP contribution is -2.46. The second-order valence-electron chi connectivity index (χ2n) is 2.98. The van der Waals surface area contributed by atoms with Crippen molar-refractivity contribution in [2.24, 2.45) is 0 Å². The molecule has 14 heavy (non-hydrogen) atoms. The molecule has 1 aliphatic rings. The molecule has 0 spiro atoms. The molecule has 1 heterocycles. The van der Waals surface area contributed by atoms with Gasteiger partial charge in [0.15, 0.2) is 6.23 Å². The zero-order valence-electron chi connectivity index (χ0n) is 7.67. The fourth-order valence-electron chi connectivity index (χ4n) is 1.22. The summed E-state index contributed by atoms with van der Waals surface area (Å²) in [7, 11) is 1.41. The van der Waals surface area contributed by atoms with Gasteiger partial charge in [0, 0.05) is 7.05 Å². The molecule has 0 aromatic rings. The van der Waals surface area contributed by atoms with Gasteiger partial charge in [-0.3, -0.25) is 0 Å². The second-order valence-corrected chi connectivity index (χ2v) is 2.98. The van der Waals surface area contributed by atoms with Crippen LogP contribution in [0.2, 0.25) is 0 Å². The minimum absolute atomic E-state index is 0.413. The molecule has 1 aliphatic heterocycles. The van der Waals surface area contributed by atoms with Gasteiger partial charge in [0.25, 0.3) is 0 Å². The highest BCUT2D eigenvalue weighted by molar-refractivity contribution is 5.73. The van der Waals surface area contributed by atoms with E-state index in [0.717, 1.165) is 0 Å². The Morgan fingerprint density at radius 1 is 1.43 bits per heavy atom. The minimum atomic E-state index is -1.23. The van der Waals surface area contributed by atoms with Gasteiger partial charge >= 0.3 is 6.03 Å². The molecule has 7 nitrogen and oxygen atoms in total. The van der Waals surface area contributed by atoms with Crippen LogP contribution in [-0.2, 0) is 4.74 Å². The zero-order valence-corrected chi connectivity index (χ0v) is 7.67. The number of amides is 2. The summed E-state index contributed by atoms with van der Waals surface area (Å²) in [4.78, 5) is 10.9. The van der Waals surface area contributed by atoms with E-state index < -0.39 is 37.2 Å². The Bertz CT molecular complexity index is 212. The number of nitrogens with one attached hydrogen (secondary N) is 2. The smallest absolute Gasteiger partial charge is 0.316 e. The van der Waals surface area contributed by atoms with Gasteiger partial charge in [-0.2, -0.15) is 0 Å². The van der Waals surface area contributed by atoms with Gasteiger partial charge in [0.05, 0.1) is 6.61 Å². The van der Waals surface area contributed by atoms with Crippen LogP contribution < -0.4 is 10.6 Å². The third-order valence-electron chi connectivity index (χ3n) is 2.04. The van der Waals surface area contributed by atoms with Crippen LogP contribution >= 0.6 is 0 Å². The molecule has 82 valence electrons. The number of rotatable bonds is 2. The molecule has 0 aromatic carbocycles. The summed E-state index contributed by atoms with van der Waals surface area (Å²) in [5, 5.41) is 32.0. The highest BCUT2D eigenvalue weighted by Crippen LogP contribution is 2.18. The number of ether oxygens (including phenoxy) is 1. The molecule has 0 saturated carbocycles. The Balaban J connectivity index is 2.52. The Labute approximate surface area is 80.7 Å². The van der Waals surface area contributed by atoms with Gasteiger partial charge in [-0.05, 0) is 0 Å². The molecule has 0 aromatic heterocycles. The Kier molecular flexibility index (Phi) is 3.64. The highest BCUT2D eigenvalue weighted by Gasteiger charge is 2.42. The van der Waals surface area contributed by atoms with Crippen molar-refractivity contribution in [1.82, 2.24) is 10.6 Å². The van der Waals surface area contributed by atoms with Crippen LogP contribution in [0.15, 0.2) is 0 Å². The summed E-state index contributed by atoms with van der Waals surface area (Å²) in [5.41, 5.74) is 0. The van der Waals surface area contributed by atoms with E-state index in [2.05, 4.69) is 10.6 Å². The van der Waals surface area contributed by atoms with Gasteiger partial charge in [0.1, 0.15) is 18.3 Å². The van der Waals surface area contributed by atoms with Gasteiger partial charge in [0.2, 0.25) is 0 Å². The lowest BCUT2D eigenvalue weighted by atomic mass is 10.1. The van der Waals surface area contributed by atoms with Crippen molar-refractivity contribution in [2.45, 2.75) is 24.5 Å². The van der Waals surface area contributed by atoms with E-state index in [4.69, 9.17) is 9.84 Å². The molecule has 1 rings (SSSR count). The molecule has 5 N–H and O–H groups in total. The Morgan fingerprint density at radius 3 is 2.50 bits per heavy atom. The first-order valence-corrected chi connectivity index (χ1v) is 4.21. The van der Waals surface area contributed by atoms with Crippen LogP contribution in [0.4, 0.5) is 4.79 Å². The largest absolute Gasteiger partial charge is 0.394 e. The average molecular weight is 206 g/mol. The second kappa shape index (κ2) is 4.56. The molecule has 4 atom stereocenters. The van der Waals surface area contributed by atoms with Crippen molar-refractivity contribution >= 4 is 6.03 Å². The fourth-order valence-corrected chi connectivity index (χ4v) is 1.22. The van der Waals surface area contributed by atoms with Crippen LogP contribution in [0.5, 0.6) is 0 Å². The Hall–Kier alpha value is -0.890. The maximum atomic E-state index is 10.9. The number of aliphatic hydroxyl groups excluding tert-OH is 3. The molecule has 0 bridgehead atoms. The zero-order chi connectivity index (χ0) is 10.7. The first-order chi connectivity index (χ1) is 6.60. The normalized spacial score (nSPS) is 36.9. The maximum absolute atomic E-state index is 10.9. The molecule has 0 radical (unpaired) electrons. The lowest BCUT2D eigenvalue weighted by Gasteiger charge is -2.15. The molecule has 1 saturated heterocycles. The third-order valence-corrected chi connectivity index (χ3v) is 2.04. The molecular formula is C7H14N2O5. The molecule has 1 fully saturated rings. The van der Waals surface area contributed by atoms with Gasteiger partial charge in [-0.25, -0.2) is 4.79 Å². The predicted molar refractivity (Wildman–Crippen MR) is 45.4 cm³/mol. The van der Waals surface area contributed by atoms with Gasteiger partial charge < -0.3 is 30.7 Å². The topological polar surface area (TPSA) is 111 Å². The summed E-state index contributed by atoms with van der Waals surface area (Å²) in [6.45, 7) is -0.413. The van der Waals surface area contributed by atoms with E-state index >= 15 is 0 Å². The van der Waals surface area contributed by atoms with Crippen LogP contribution in [0.25, 0.3) is 0 Å². The van der Waals surface area contributed by atoms with E-state index in [1.807, 2.05) is 0 Å². The van der Waals surface area contributed by atoms with E-state index in [1.54, 1.807) is 0 Å². The fraction of sp³-hybridized carbons (Fsp3) is 0.857.